The predicted molar refractivity (Wildman–Crippen MR) is 66.7 cm³/mol. The van der Waals surface area contributed by atoms with Gasteiger partial charge in [0, 0.05) is 6.04 Å². The fraction of sp³-hybridized carbons (Fsp3) is 0.571. The van der Waals surface area contributed by atoms with Crippen molar-refractivity contribution >= 4 is 0 Å². The fourth-order valence-corrected chi connectivity index (χ4v) is 2.27. The highest BCUT2D eigenvalue weighted by molar-refractivity contribution is 5.37. The van der Waals surface area contributed by atoms with Crippen LogP contribution < -0.4 is 10.5 Å². The molecular formula is C14H21NO. The first kappa shape index (κ1) is 11.5. The zero-order valence-electron chi connectivity index (χ0n) is 10.2. The molecule has 0 amide bonds. The zero-order chi connectivity index (χ0) is 11.5. The van der Waals surface area contributed by atoms with E-state index in [0.717, 1.165) is 5.75 Å². The molecule has 16 heavy (non-hydrogen) atoms. The molecule has 2 N–H and O–H groups in total. The minimum Gasteiger partial charge on any atom is -0.490 e. The summed E-state index contributed by atoms with van der Waals surface area (Å²) in [7, 11) is 0. The molecule has 1 aromatic rings. The Morgan fingerprint density at radius 3 is 2.56 bits per heavy atom. The van der Waals surface area contributed by atoms with E-state index in [9.17, 15) is 0 Å². The van der Waals surface area contributed by atoms with Gasteiger partial charge in [0.05, 0.1) is 6.10 Å². The van der Waals surface area contributed by atoms with Crippen molar-refractivity contribution in [1.82, 2.24) is 0 Å². The van der Waals surface area contributed by atoms with Crippen LogP contribution in [0.4, 0.5) is 0 Å². The van der Waals surface area contributed by atoms with E-state index in [2.05, 4.69) is 25.1 Å². The van der Waals surface area contributed by atoms with Crippen molar-refractivity contribution in [3.63, 3.8) is 0 Å². The van der Waals surface area contributed by atoms with Crippen molar-refractivity contribution in [2.45, 2.75) is 51.7 Å². The first-order valence-electron chi connectivity index (χ1n) is 6.19. The lowest BCUT2D eigenvalue weighted by Crippen LogP contribution is -2.12. The number of nitrogens with two attached hydrogens (primary N) is 1. The van der Waals surface area contributed by atoms with Crippen LogP contribution >= 0.6 is 0 Å². The van der Waals surface area contributed by atoms with Crippen LogP contribution in [0.15, 0.2) is 18.2 Å². The maximum atomic E-state index is 6.00. The van der Waals surface area contributed by atoms with E-state index in [0.29, 0.717) is 6.10 Å². The molecule has 0 unspecified atom stereocenters. The summed E-state index contributed by atoms with van der Waals surface area (Å²) < 4.78 is 6.00. The number of aryl methyl sites for hydroxylation is 1. The minimum absolute atomic E-state index is 0.0965. The molecule has 0 saturated heterocycles. The summed E-state index contributed by atoms with van der Waals surface area (Å²) in [5.74, 6) is 1.02. The molecule has 2 rings (SSSR count). The number of ether oxygens (including phenoxy) is 1. The number of rotatable bonds is 3. The highest BCUT2D eigenvalue weighted by Crippen LogP contribution is 2.27. The van der Waals surface area contributed by atoms with Gasteiger partial charge in [-0.3, -0.25) is 0 Å². The third-order valence-corrected chi connectivity index (χ3v) is 3.32. The van der Waals surface area contributed by atoms with Crippen molar-refractivity contribution < 1.29 is 4.74 Å². The van der Waals surface area contributed by atoms with Gasteiger partial charge in [-0.1, -0.05) is 12.1 Å². The van der Waals surface area contributed by atoms with E-state index in [4.69, 9.17) is 10.5 Å². The van der Waals surface area contributed by atoms with Gasteiger partial charge < -0.3 is 10.5 Å². The van der Waals surface area contributed by atoms with Crippen LogP contribution in [0.3, 0.4) is 0 Å². The van der Waals surface area contributed by atoms with Crippen molar-refractivity contribution in [2.75, 3.05) is 0 Å². The largest absolute Gasteiger partial charge is 0.490 e. The van der Waals surface area contributed by atoms with E-state index in [-0.39, 0.29) is 6.04 Å². The summed E-state index contributed by atoms with van der Waals surface area (Å²) in [4.78, 5) is 0. The van der Waals surface area contributed by atoms with Crippen molar-refractivity contribution in [2.24, 2.45) is 5.73 Å². The van der Waals surface area contributed by atoms with E-state index in [1.165, 1.54) is 36.8 Å². The third kappa shape index (κ3) is 2.56. The standard InChI is InChI=1S/C14H21NO/c1-10-9-12(11(2)15)7-8-14(10)16-13-5-3-4-6-13/h7-9,11,13H,3-6,15H2,1-2H3/t11-/m0/s1. The van der Waals surface area contributed by atoms with Gasteiger partial charge >= 0.3 is 0 Å². The van der Waals surface area contributed by atoms with E-state index < -0.39 is 0 Å². The molecule has 2 nitrogen and oxygen atoms in total. The molecule has 1 fully saturated rings. The molecule has 0 heterocycles. The second-order valence-electron chi connectivity index (χ2n) is 4.84. The summed E-state index contributed by atoms with van der Waals surface area (Å²) in [6.07, 6.45) is 5.45. The van der Waals surface area contributed by atoms with Gasteiger partial charge in [0.25, 0.3) is 0 Å². The molecule has 88 valence electrons. The molecule has 1 aromatic carbocycles. The average Bonchev–Trinajstić information content (AvgIpc) is 2.73. The van der Waals surface area contributed by atoms with Crippen LogP contribution in [0.1, 0.15) is 49.8 Å². The molecule has 0 aliphatic heterocycles. The lowest BCUT2D eigenvalue weighted by Gasteiger charge is -2.16. The van der Waals surface area contributed by atoms with E-state index >= 15 is 0 Å². The first-order valence-corrected chi connectivity index (χ1v) is 6.19. The molecule has 0 radical (unpaired) electrons. The van der Waals surface area contributed by atoms with E-state index in [1.807, 2.05) is 6.92 Å². The quantitative estimate of drug-likeness (QED) is 0.846. The maximum Gasteiger partial charge on any atom is 0.122 e. The molecule has 0 spiro atoms. The molecular weight excluding hydrogens is 198 g/mol. The van der Waals surface area contributed by atoms with Crippen LogP contribution in [0.5, 0.6) is 5.75 Å². The fourth-order valence-electron chi connectivity index (χ4n) is 2.27. The second-order valence-corrected chi connectivity index (χ2v) is 4.84. The van der Waals surface area contributed by atoms with Gasteiger partial charge in [0.2, 0.25) is 0 Å². The van der Waals surface area contributed by atoms with Gasteiger partial charge in [0.15, 0.2) is 0 Å². The van der Waals surface area contributed by atoms with Gasteiger partial charge in [-0.2, -0.15) is 0 Å². The Bertz CT molecular complexity index is 354. The van der Waals surface area contributed by atoms with Crippen LogP contribution in [-0.4, -0.2) is 6.10 Å². The Labute approximate surface area is 97.8 Å². The summed E-state index contributed by atoms with van der Waals surface area (Å²) >= 11 is 0. The number of hydrogen-bond donors (Lipinski definition) is 1. The number of hydrogen-bond acceptors (Lipinski definition) is 2. The predicted octanol–water partition coefficient (Wildman–Crippen LogP) is 3.34. The monoisotopic (exact) mass is 219 g/mol. The lowest BCUT2D eigenvalue weighted by molar-refractivity contribution is 0.208. The van der Waals surface area contributed by atoms with Crippen molar-refractivity contribution in [3.05, 3.63) is 29.3 Å². The Balaban J connectivity index is 2.09. The zero-order valence-corrected chi connectivity index (χ0v) is 10.2. The van der Waals surface area contributed by atoms with Crippen LogP contribution in [-0.2, 0) is 0 Å². The van der Waals surface area contributed by atoms with Crippen LogP contribution in [0, 0.1) is 6.92 Å². The molecule has 0 bridgehead atoms. The van der Waals surface area contributed by atoms with E-state index in [1.54, 1.807) is 0 Å². The van der Waals surface area contributed by atoms with Crippen LogP contribution in [0.2, 0.25) is 0 Å². The summed E-state index contributed by atoms with van der Waals surface area (Å²) in [6.45, 7) is 4.10. The minimum atomic E-state index is 0.0965. The second kappa shape index (κ2) is 4.88. The van der Waals surface area contributed by atoms with Crippen LogP contribution in [0.25, 0.3) is 0 Å². The van der Waals surface area contributed by atoms with Crippen molar-refractivity contribution in [3.8, 4) is 5.75 Å². The van der Waals surface area contributed by atoms with Gasteiger partial charge in [-0.05, 0) is 56.7 Å². The molecule has 0 aromatic heterocycles. The van der Waals surface area contributed by atoms with Gasteiger partial charge in [-0.25, -0.2) is 0 Å². The summed E-state index contributed by atoms with van der Waals surface area (Å²) in [5, 5.41) is 0. The van der Waals surface area contributed by atoms with Gasteiger partial charge in [0.1, 0.15) is 5.75 Å². The Hall–Kier alpha value is -1.02. The maximum absolute atomic E-state index is 6.00. The average molecular weight is 219 g/mol. The topological polar surface area (TPSA) is 35.2 Å². The SMILES string of the molecule is Cc1cc([C@H](C)N)ccc1OC1CCCC1. The highest BCUT2D eigenvalue weighted by atomic mass is 16.5. The first-order chi connectivity index (χ1) is 7.66. The smallest absolute Gasteiger partial charge is 0.122 e. The third-order valence-electron chi connectivity index (χ3n) is 3.32. The number of benzene rings is 1. The molecule has 2 heteroatoms. The molecule has 1 saturated carbocycles. The Morgan fingerprint density at radius 2 is 2.00 bits per heavy atom. The van der Waals surface area contributed by atoms with Gasteiger partial charge in [-0.15, -0.1) is 0 Å². The molecule has 1 atom stereocenters. The molecule has 1 aliphatic carbocycles. The Morgan fingerprint density at radius 1 is 1.31 bits per heavy atom. The summed E-state index contributed by atoms with van der Waals surface area (Å²) in [5.41, 5.74) is 8.23. The normalized spacial score (nSPS) is 18.7. The molecule has 1 aliphatic rings. The Kier molecular flexibility index (Phi) is 3.49. The highest BCUT2D eigenvalue weighted by Gasteiger charge is 2.17. The summed E-state index contributed by atoms with van der Waals surface area (Å²) in [6, 6.07) is 6.36. The lowest BCUT2D eigenvalue weighted by atomic mass is 10.1. The van der Waals surface area contributed by atoms with Crippen molar-refractivity contribution in [1.29, 1.82) is 0 Å².